The number of nitrogens with zero attached hydrogens (tertiary/aromatic N) is 2. The Balaban J connectivity index is 1.80. The summed E-state index contributed by atoms with van der Waals surface area (Å²) in [5.41, 5.74) is 1.19. The molecule has 0 unspecified atom stereocenters. The number of aromatic nitrogens is 1. The molecule has 1 aliphatic rings. The molecule has 3 rings (SSSR count). The Morgan fingerprint density at radius 3 is 2.74 bits per heavy atom. The molecule has 1 aliphatic heterocycles. The van der Waals surface area contributed by atoms with Crippen molar-refractivity contribution in [2.45, 2.75) is 18.9 Å². The van der Waals surface area contributed by atoms with Crippen molar-refractivity contribution in [1.82, 2.24) is 9.88 Å². The van der Waals surface area contributed by atoms with Crippen LogP contribution in [0.25, 0.3) is 10.6 Å². The van der Waals surface area contributed by atoms with Crippen LogP contribution in [0.5, 0.6) is 5.75 Å². The van der Waals surface area contributed by atoms with Crippen LogP contribution in [0.2, 0.25) is 0 Å². The number of likely N-dealkylation sites (tertiary alicyclic amines) is 1. The van der Waals surface area contributed by atoms with Gasteiger partial charge >= 0.3 is 5.97 Å². The van der Waals surface area contributed by atoms with E-state index in [9.17, 15) is 14.7 Å². The molecule has 0 aliphatic carbocycles. The van der Waals surface area contributed by atoms with Gasteiger partial charge in [-0.15, -0.1) is 11.3 Å². The minimum Gasteiger partial charge on any atom is -0.497 e. The van der Waals surface area contributed by atoms with Crippen LogP contribution in [0.3, 0.4) is 0 Å². The molecule has 2 aromatic rings. The van der Waals surface area contributed by atoms with Crippen molar-refractivity contribution in [3.63, 3.8) is 0 Å². The lowest BCUT2D eigenvalue weighted by Crippen LogP contribution is -2.40. The van der Waals surface area contributed by atoms with E-state index < -0.39 is 12.0 Å². The van der Waals surface area contributed by atoms with Gasteiger partial charge in [-0.05, 0) is 37.1 Å². The molecule has 23 heavy (non-hydrogen) atoms. The maximum absolute atomic E-state index is 12.5. The van der Waals surface area contributed by atoms with E-state index in [2.05, 4.69) is 4.98 Å². The Bertz CT molecular complexity index is 726. The zero-order chi connectivity index (χ0) is 16.4. The number of carbonyl (C=O) groups excluding carboxylic acids is 1. The minimum atomic E-state index is -0.957. The van der Waals surface area contributed by atoms with Crippen LogP contribution in [-0.2, 0) is 4.79 Å². The zero-order valence-corrected chi connectivity index (χ0v) is 13.4. The van der Waals surface area contributed by atoms with Crippen molar-refractivity contribution >= 4 is 23.2 Å². The number of carboxylic acids is 1. The van der Waals surface area contributed by atoms with Crippen molar-refractivity contribution in [1.29, 1.82) is 0 Å². The van der Waals surface area contributed by atoms with Crippen molar-refractivity contribution in [2.24, 2.45) is 0 Å². The molecule has 1 aromatic heterocycles. The molecule has 0 spiro atoms. The highest BCUT2D eigenvalue weighted by Crippen LogP contribution is 2.27. The summed E-state index contributed by atoms with van der Waals surface area (Å²) in [6.07, 6.45) is 1.20. The molecule has 6 nitrogen and oxygen atoms in total. The van der Waals surface area contributed by atoms with Gasteiger partial charge in [0, 0.05) is 17.5 Å². The highest BCUT2D eigenvalue weighted by Gasteiger charge is 2.35. The van der Waals surface area contributed by atoms with Gasteiger partial charge < -0.3 is 14.7 Å². The van der Waals surface area contributed by atoms with E-state index in [4.69, 9.17) is 4.74 Å². The van der Waals surface area contributed by atoms with E-state index in [0.717, 1.165) is 16.3 Å². The van der Waals surface area contributed by atoms with Crippen LogP contribution in [0.4, 0.5) is 0 Å². The third kappa shape index (κ3) is 3.05. The van der Waals surface area contributed by atoms with Crippen LogP contribution in [0.15, 0.2) is 29.6 Å². The summed E-state index contributed by atoms with van der Waals surface area (Å²) in [6.45, 7) is 0.463. The first kappa shape index (κ1) is 15.5. The van der Waals surface area contributed by atoms with E-state index in [-0.39, 0.29) is 5.91 Å². The van der Waals surface area contributed by atoms with Gasteiger partial charge in [-0.25, -0.2) is 9.78 Å². The fourth-order valence-corrected chi connectivity index (χ4v) is 3.45. The third-order valence-corrected chi connectivity index (χ3v) is 4.75. The van der Waals surface area contributed by atoms with Gasteiger partial charge in [-0.3, -0.25) is 4.79 Å². The fraction of sp³-hybridized carbons (Fsp3) is 0.312. The summed E-state index contributed by atoms with van der Waals surface area (Å²) in [5.74, 6) is -0.518. The van der Waals surface area contributed by atoms with Gasteiger partial charge in [0.25, 0.3) is 5.91 Å². The predicted molar refractivity (Wildman–Crippen MR) is 85.8 cm³/mol. The number of carbonyl (C=O) groups is 2. The number of hydrogen-bond acceptors (Lipinski definition) is 5. The Labute approximate surface area is 137 Å². The van der Waals surface area contributed by atoms with E-state index in [1.807, 2.05) is 24.3 Å². The first-order valence-electron chi connectivity index (χ1n) is 7.24. The second-order valence-corrected chi connectivity index (χ2v) is 6.12. The SMILES string of the molecule is COc1ccc(-c2nc(C(=O)N3CCC[C@@H]3C(=O)O)cs2)cc1. The Kier molecular flexibility index (Phi) is 4.29. The predicted octanol–water partition coefficient (Wildman–Crippen LogP) is 2.51. The molecule has 0 bridgehead atoms. The Morgan fingerprint density at radius 1 is 1.35 bits per heavy atom. The first-order valence-corrected chi connectivity index (χ1v) is 8.12. The largest absolute Gasteiger partial charge is 0.497 e. The van der Waals surface area contributed by atoms with E-state index >= 15 is 0 Å². The number of rotatable bonds is 4. The highest BCUT2D eigenvalue weighted by atomic mass is 32.1. The summed E-state index contributed by atoms with van der Waals surface area (Å²) < 4.78 is 5.12. The van der Waals surface area contributed by atoms with Crippen LogP contribution in [0, 0.1) is 0 Å². The average Bonchev–Trinajstić information content (AvgIpc) is 3.23. The van der Waals surface area contributed by atoms with Gasteiger partial charge in [0.15, 0.2) is 0 Å². The van der Waals surface area contributed by atoms with E-state index in [0.29, 0.717) is 25.1 Å². The van der Waals surface area contributed by atoms with Crippen LogP contribution < -0.4 is 4.74 Å². The highest BCUT2D eigenvalue weighted by molar-refractivity contribution is 7.13. The zero-order valence-electron chi connectivity index (χ0n) is 12.6. The molecule has 1 atom stereocenters. The summed E-state index contributed by atoms with van der Waals surface area (Å²) in [5, 5.41) is 11.6. The van der Waals surface area contributed by atoms with E-state index in [1.54, 1.807) is 12.5 Å². The second-order valence-electron chi connectivity index (χ2n) is 5.26. The monoisotopic (exact) mass is 332 g/mol. The number of ether oxygens (including phenoxy) is 1. The van der Waals surface area contributed by atoms with Crippen molar-refractivity contribution < 1.29 is 19.4 Å². The lowest BCUT2D eigenvalue weighted by atomic mass is 10.2. The number of carboxylic acid groups (broad SMARTS) is 1. The Morgan fingerprint density at radius 2 is 2.09 bits per heavy atom. The summed E-state index contributed by atoms with van der Waals surface area (Å²) in [4.78, 5) is 29.5. The van der Waals surface area contributed by atoms with Gasteiger partial charge in [-0.2, -0.15) is 0 Å². The molecule has 7 heteroatoms. The molecule has 0 saturated carbocycles. The summed E-state index contributed by atoms with van der Waals surface area (Å²) in [7, 11) is 1.60. The quantitative estimate of drug-likeness (QED) is 0.930. The molecule has 120 valence electrons. The lowest BCUT2D eigenvalue weighted by molar-refractivity contribution is -0.141. The molecule has 2 heterocycles. The molecular weight excluding hydrogens is 316 g/mol. The summed E-state index contributed by atoms with van der Waals surface area (Å²) in [6, 6.07) is 6.68. The molecule has 1 aromatic carbocycles. The number of amides is 1. The number of aliphatic carboxylic acids is 1. The lowest BCUT2D eigenvalue weighted by Gasteiger charge is -2.20. The standard InChI is InChI=1S/C16H16N2O4S/c1-22-11-6-4-10(5-7-11)14-17-12(9-23-14)15(19)18-8-2-3-13(18)16(20)21/h4-7,9,13H,2-3,8H2,1H3,(H,20,21)/t13-/m1/s1. The van der Waals surface area contributed by atoms with E-state index in [1.165, 1.54) is 16.2 Å². The van der Waals surface area contributed by atoms with Gasteiger partial charge in [0.05, 0.1) is 7.11 Å². The summed E-state index contributed by atoms with van der Waals surface area (Å²) >= 11 is 1.37. The van der Waals surface area contributed by atoms with Gasteiger partial charge in [0.1, 0.15) is 22.5 Å². The molecule has 1 fully saturated rings. The van der Waals surface area contributed by atoms with Gasteiger partial charge in [-0.1, -0.05) is 0 Å². The molecular formula is C16H16N2O4S. The topological polar surface area (TPSA) is 79.7 Å². The number of hydrogen-bond donors (Lipinski definition) is 1. The average molecular weight is 332 g/mol. The van der Waals surface area contributed by atoms with Crippen molar-refractivity contribution in [3.05, 3.63) is 35.3 Å². The molecule has 0 radical (unpaired) electrons. The van der Waals surface area contributed by atoms with Crippen LogP contribution in [0.1, 0.15) is 23.3 Å². The minimum absolute atomic E-state index is 0.300. The van der Waals surface area contributed by atoms with Gasteiger partial charge in [0.2, 0.25) is 0 Å². The third-order valence-electron chi connectivity index (χ3n) is 3.86. The molecule has 1 amide bonds. The Hall–Kier alpha value is -2.41. The second kappa shape index (κ2) is 6.37. The van der Waals surface area contributed by atoms with Crippen molar-refractivity contribution in [2.75, 3.05) is 13.7 Å². The maximum atomic E-state index is 12.5. The number of benzene rings is 1. The number of methoxy groups -OCH3 is 1. The first-order chi connectivity index (χ1) is 11.1. The van der Waals surface area contributed by atoms with Crippen LogP contribution >= 0.6 is 11.3 Å². The molecule has 1 N–H and O–H groups in total. The fourth-order valence-electron chi connectivity index (χ4n) is 2.65. The number of thiazole rings is 1. The van der Waals surface area contributed by atoms with Crippen LogP contribution in [-0.4, -0.2) is 46.6 Å². The normalized spacial score (nSPS) is 17.3. The smallest absolute Gasteiger partial charge is 0.326 e. The van der Waals surface area contributed by atoms with Crippen molar-refractivity contribution in [3.8, 4) is 16.3 Å². The molecule has 1 saturated heterocycles. The maximum Gasteiger partial charge on any atom is 0.326 e.